The molecule has 146 valence electrons. The monoisotopic (exact) mass is 396 g/mol. The second-order valence-corrected chi connectivity index (χ2v) is 5.14. The molecule has 1 unspecified atom stereocenters. The Hall–Kier alpha value is -3.12. The molecule has 2 aromatic rings. The summed E-state index contributed by atoms with van der Waals surface area (Å²) >= 11 is 0. The molecule has 0 aliphatic heterocycles. The molecule has 7 nitrogen and oxygen atoms in total. The third kappa shape index (κ3) is 4.54. The minimum Gasteiger partial charge on any atom is -0.480 e. The maximum atomic E-state index is 13.8. The van der Waals surface area contributed by atoms with E-state index in [0.29, 0.717) is 0 Å². The Kier molecular flexibility index (Phi) is 5.71. The van der Waals surface area contributed by atoms with Crippen molar-refractivity contribution in [2.75, 3.05) is 0 Å². The first-order valence-corrected chi connectivity index (χ1v) is 7.12. The van der Waals surface area contributed by atoms with E-state index in [2.05, 4.69) is 10.3 Å². The lowest BCUT2D eigenvalue weighted by atomic mass is 10.2. The number of nitrogens with one attached hydrogen (secondary N) is 1. The highest BCUT2D eigenvalue weighted by Gasteiger charge is 2.43. The molecule has 2 rings (SSSR count). The number of aromatic nitrogens is 3. The maximum absolute atomic E-state index is 13.8. The number of rotatable bonds is 6. The van der Waals surface area contributed by atoms with Crippen molar-refractivity contribution in [3.8, 4) is 5.69 Å². The van der Waals surface area contributed by atoms with Crippen molar-refractivity contribution in [2.24, 2.45) is 0 Å². The van der Waals surface area contributed by atoms with E-state index in [1.807, 2.05) is 0 Å². The molecule has 0 saturated carbocycles. The SMILES string of the molecule is O=C(NC(CC(F)F)C(=O)O)c1nnn(-c2ccccc2F)c1C(F)(F)F. The number of carboxylic acids is 1. The van der Waals surface area contributed by atoms with Gasteiger partial charge < -0.3 is 10.4 Å². The van der Waals surface area contributed by atoms with Gasteiger partial charge in [0.25, 0.3) is 5.91 Å². The van der Waals surface area contributed by atoms with E-state index < -0.39 is 59.8 Å². The van der Waals surface area contributed by atoms with Crippen LogP contribution in [0, 0.1) is 5.82 Å². The highest BCUT2D eigenvalue weighted by Crippen LogP contribution is 2.33. The van der Waals surface area contributed by atoms with E-state index in [9.17, 15) is 35.9 Å². The Morgan fingerprint density at radius 3 is 2.37 bits per heavy atom. The highest BCUT2D eigenvalue weighted by molar-refractivity contribution is 5.96. The Balaban J connectivity index is 2.47. The van der Waals surface area contributed by atoms with E-state index in [4.69, 9.17) is 5.11 Å². The van der Waals surface area contributed by atoms with Crippen molar-refractivity contribution in [2.45, 2.75) is 25.1 Å². The minimum absolute atomic E-state index is 0.0210. The summed E-state index contributed by atoms with van der Waals surface area (Å²) in [5.74, 6) is -4.67. The summed E-state index contributed by atoms with van der Waals surface area (Å²) in [5.41, 5.74) is -3.84. The van der Waals surface area contributed by atoms with E-state index in [1.54, 1.807) is 0 Å². The Morgan fingerprint density at radius 2 is 1.85 bits per heavy atom. The molecule has 2 N–H and O–H groups in total. The molecule has 13 heteroatoms. The molecule has 0 saturated heterocycles. The molecule has 1 aromatic heterocycles. The van der Waals surface area contributed by atoms with Crippen LogP contribution in [0.4, 0.5) is 26.3 Å². The number of para-hydroxylation sites is 1. The third-order valence-corrected chi connectivity index (χ3v) is 3.25. The van der Waals surface area contributed by atoms with Gasteiger partial charge in [0.2, 0.25) is 6.43 Å². The zero-order valence-corrected chi connectivity index (χ0v) is 13.0. The van der Waals surface area contributed by atoms with Crippen molar-refractivity contribution >= 4 is 11.9 Å². The smallest absolute Gasteiger partial charge is 0.435 e. The first-order valence-electron chi connectivity index (χ1n) is 7.12. The molecular formula is C14H10F6N4O3. The van der Waals surface area contributed by atoms with Crippen LogP contribution in [0.5, 0.6) is 0 Å². The lowest BCUT2D eigenvalue weighted by Crippen LogP contribution is -2.42. The van der Waals surface area contributed by atoms with Gasteiger partial charge in [-0.15, -0.1) is 5.10 Å². The van der Waals surface area contributed by atoms with Crippen molar-refractivity contribution in [1.82, 2.24) is 20.3 Å². The number of hydrogen-bond donors (Lipinski definition) is 2. The average molecular weight is 396 g/mol. The molecule has 0 spiro atoms. The number of carbonyl (C=O) groups is 2. The molecule has 0 bridgehead atoms. The van der Waals surface area contributed by atoms with E-state index >= 15 is 0 Å². The van der Waals surface area contributed by atoms with Crippen LogP contribution >= 0.6 is 0 Å². The number of nitrogens with zero attached hydrogens (tertiary/aromatic N) is 3. The van der Waals surface area contributed by atoms with Crippen molar-refractivity contribution < 1.29 is 41.0 Å². The Morgan fingerprint density at radius 1 is 1.22 bits per heavy atom. The van der Waals surface area contributed by atoms with Crippen LogP contribution in [0.15, 0.2) is 24.3 Å². The van der Waals surface area contributed by atoms with Gasteiger partial charge in [0.05, 0.1) is 0 Å². The number of carboxylic acid groups (broad SMARTS) is 1. The number of halogens is 6. The van der Waals surface area contributed by atoms with Gasteiger partial charge in [-0.05, 0) is 12.1 Å². The standard InChI is InChI=1S/C14H10F6N4O3/c15-6-3-1-2-4-8(6)24-11(14(18,19)20)10(22-23-24)12(25)21-7(13(26)27)5-9(16)17/h1-4,7,9H,5H2,(H,21,25)(H,26,27). The lowest BCUT2D eigenvalue weighted by molar-refractivity contribution is -0.143. The fourth-order valence-electron chi connectivity index (χ4n) is 2.11. The zero-order valence-electron chi connectivity index (χ0n) is 13.0. The number of amides is 1. The second kappa shape index (κ2) is 7.63. The fourth-order valence-corrected chi connectivity index (χ4v) is 2.11. The van der Waals surface area contributed by atoms with Gasteiger partial charge in [-0.25, -0.2) is 22.6 Å². The largest absolute Gasteiger partial charge is 0.480 e. The number of benzene rings is 1. The van der Waals surface area contributed by atoms with Gasteiger partial charge in [0, 0.05) is 6.42 Å². The first-order chi connectivity index (χ1) is 12.5. The van der Waals surface area contributed by atoms with E-state index in [-0.39, 0.29) is 4.68 Å². The second-order valence-electron chi connectivity index (χ2n) is 5.14. The van der Waals surface area contributed by atoms with Crippen LogP contribution in [-0.4, -0.2) is 44.4 Å². The quantitative estimate of drug-likeness (QED) is 0.731. The molecule has 0 fully saturated rings. The van der Waals surface area contributed by atoms with Gasteiger partial charge in [0.1, 0.15) is 17.5 Å². The first kappa shape index (κ1) is 20.2. The predicted molar refractivity (Wildman–Crippen MR) is 75.8 cm³/mol. The average Bonchev–Trinajstić information content (AvgIpc) is 2.99. The molecule has 1 heterocycles. The molecule has 1 aromatic carbocycles. The zero-order chi connectivity index (χ0) is 20.4. The van der Waals surface area contributed by atoms with Gasteiger partial charge in [-0.3, -0.25) is 4.79 Å². The predicted octanol–water partition coefficient (Wildman–Crippen LogP) is 2.26. The van der Waals surface area contributed by atoms with Crippen LogP contribution in [0.3, 0.4) is 0 Å². The summed E-state index contributed by atoms with van der Waals surface area (Å²) in [7, 11) is 0. The highest BCUT2D eigenvalue weighted by atomic mass is 19.4. The van der Waals surface area contributed by atoms with Gasteiger partial charge in [-0.1, -0.05) is 17.3 Å². The normalized spacial score (nSPS) is 12.9. The molecule has 1 amide bonds. The lowest BCUT2D eigenvalue weighted by Gasteiger charge is -2.15. The summed E-state index contributed by atoms with van der Waals surface area (Å²) in [5, 5.41) is 16.5. The van der Waals surface area contributed by atoms with Crippen molar-refractivity contribution in [3.05, 3.63) is 41.5 Å². The maximum Gasteiger partial charge on any atom is 0.435 e. The number of hydrogen-bond acceptors (Lipinski definition) is 4. The van der Waals surface area contributed by atoms with Crippen LogP contribution in [0.25, 0.3) is 5.69 Å². The van der Waals surface area contributed by atoms with Crippen LogP contribution in [0.2, 0.25) is 0 Å². The van der Waals surface area contributed by atoms with Crippen LogP contribution in [0.1, 0.15) is 22.6 Å². The summed E-state index contributed by atoms with van der Waals surface area (Å²) in [4.78, 5) is 22.9. The molecular weight excluding hydrogens is 386 g/mol. The molecule has 27 heavy (non-hydrogen) atoms. The molecule has 0 aliphatic rings. The van der Waals surface area contributed by atoms with Crippen LogP contribution in [-0.2, 0) is 11.0 Å². The van der Waals surface area contributed by atoms with Gasteiger partial charge >= 0.3 is 12.1 Å². The topological polar surface area (TPSA) is 97.1 Å². The Labute approximate surface area is 146 Å². The minimum atomic E-state index is -5.24. The summed E-state index contributed by atoms with van der Waals surface area (Å²) in [6, 6.07) is 2.05. The number of carbonyl (C=O) groups excluding carboxylic acids is 1. The third-order valence-electron chi connectivity index (χ3n) is 3.25. The van der Waals surface area contributed by atoms with Crippen molar-refractivity contribution in [1.29, 1.82) is 0 Å². The van der Waals surface area contributed by atoms with Gasteiger partial charge in [-0.2, -0.15) is 13.2 Å². The van der Waals surface area contributed by atoms with E-state index in [0.717, 1.165) is 12.1 Å². The van der Waals surface area contributed by atoms with E-state index in [1.165, 1.54) is 17.4 Å². The fraction of sp³-hybridized carbons (Fsp3) is 0.286. The summed E-state index contributed by atoms with van der Waals surface area (Å²) in [6.07, 6.45) is -9.70. The Bertz CT molecular complexity index is 852. The van der Waals surface area contributed by atoms with Crippen LogP contribution < -0.4 is 5.32 Å². The molecule has 0 aliphatic carbocycles. The summed E-state index contributed by atoms with van der Waals surface area (Å²) in [6.45, 7) is 0. The summed E-state index contributed by atoms with van der Waals surface area (Å²) < 4.78 is 78.7. The number of alkyl halides is 5. The molecule has 0 radical (unpaired) electrons. The van der Waals surface area contributed by atoms with Gasteiger partial charge in [0.15, 0.2) is 11.4 Å². The molecule has 1 atom stereocenters. The number of aliphatic carboxylic acids is 1. The van der Waals surface area contributed by atoms with Crippen molar-refractivity contribution in [3.63, 3.8) is 0 Å².